The van der Waals surface area contributed by atoms with Crippen LogP contribution in [0.25, 0.3) is 0 Å². The van der Waals surface area contributed by atoms with Gasteiger partial charge in [-0.15, -0.1) is 0 Å². The fraction of sp³-hybridized carbons (Fsp3) is 0.900. The van der Waals surface area contributed by atoms with Crippen LogP contribution in [0.3, 0.4) is 0 Å². The summed E-state index contributed by atoms with van der Waals surface area (Å²) in [7, 11) is 0. The van der Waals surface area contributed by atoms with E-state index in [9.17, 15) is 0 Å². The van der Waals surface area contributed by atoms with E-state index in [4.69, 9.17) is 0 Å². The van der Waals surface area contributed by atoms with Crippen LogP contribution in [0.1, 0.15) is 27.7 Å². The molecule has 0 aliphatic carbocycles. The number of amidine groups is 1. The second-order valence-electron chi connectivity index (χ2n) is 4.18. The van der Waals surface area contributed by atoms with Crippen LogP contribution < -0.4 is 5.32 Å². The highest BCUT2D eigenvalue weighted by atomic mass is 32.2. The normalized spacial score (nSPS) is 24.7. The van der Waals surface area contributed by atoms with Crippen molar-refractivity contribution in [2.24, 2.45) is 16.8 Å². The lowest BCUT2D eigenvalue weighted by molar-refractivity contribution is 0.416. The molecule has 0 aromatic heterocycles. The van der Waals surface area contributed by atoms with E-state index in [0.29, 0.717) is 5.25 Å². The van der Waals surface area contributed by atoms with Crippen molar-refractivity contribution in [3.63, 3.8) is 0 Å². The van der Waals surface area contributed by atoms with Crippen molar-refractivity contribution >= 4 is 16.9 Å². The first-order chi connectivity index (χ1) is 6.09. The molecule has 0 amide bonds. The van der Waals surface area contributed by atoms with Gasteiger partial charge in [0.1, 0.15) is 0 Å². The van der Waals surface area contributed by atoms with Gasteiger partial charge in [0, 0.05) is 11.8 Å². The molecule has 3 heteroatoms. The molecule has 2 atom stereocenters. The third kappa shape index (κ3) is 3.59. The number of nitrogens with zero attached hydrogens (tertiary/aromatic N) is 1. The van der Waals surface area contributed by atoms with Crippen LogP contribution in [0.2, 0.25) is 0 Å². The third-order valence-corrected chi connectivity index (χ3v) is 3.57. The Bertz CT molecular complexity index is 189. The minimum atomic E-state index is 0.664. The van der Waals surface area contributed by atoms with E-state index < -0.39 is 0 Å². The molecule has 1 aliphatic rings. The van der Waals surface area contributed by atoms with E-state index in [1.807, 2.05) is 11.8 Å². The molecule has 76 valence electrons. The van der Waals surface area contributed by atoms with Crippen molar-refractivity contribution < 1.29 is 0 Å². The summed E-state index contributed by atoms with van der Waals surface area (Å²) in [4.78, 5) is 4.42. The van der Waals surface area contributed by atoms with Crippen molar-refractivity contribution in [2.75, 3.05) is 13.1 Å². The van der Waals surface area contributed by atoms with E-state index in [0.717, 1.165) is 30.1 Å². The topological polar surface area (TPSA) is 24.4 Å². The van der Waals surface area contributed by atoms with Gasteiger partial charge in [0.2, 0.25) is 0 Å². The number of nitrogens with one attached hydrogen (secondary N) is 1. The molecule has 1 N–H and O–H groups in total. The second-order valence-corrected chi connectivity index (χ2v) is 5.60. The lowest BCUT2D eigenvalue weighted by Gasteiger charge is -2.16. The number of thioether (sulfide) groups is 1. The molecule has 0 saturated heterocycles. The van der Waals surface area contributed by atoms with Gasteiger partial charge in [-0.2, -0.15) is 0 Å². The maximum absolute atomic E-state index is 4.42. The monoisotopic (exact) mass is 200 g/mol. The minimum absolute atomic E-state index is 0.664. The summed E-state index contributed by atoms with van der Waals surface area (Å²) in [6, 6.07) is 0. The van der Waals surface area contributed by atoms with Crippen LogP contribution in [0, 0.1) is 11.8 Å². The second kappa shape index (κ2) is 4.89. The van der Waals surface area contributed by atoms with E-state index in [2.05, 4.69) is 38.0 Å². The summed E-state index contributed by atoms with van der Waals surface area (Å²) in [6.45, 7) is 11.0. The Morgan fingerprint density at radius 1 is 1.54 bits per heavy atom. The molecule has 0 saturated carbocycles. The van der Waals surface area contributed by atoms with Crippen LogP contribution in [-0.2, 0) is 0 Å². The Kier molecular flexibility index (Phi) is 4.10. The Morgan fingerprint density at radius 2 is 2.23 bits per heavy atom. The molecule has 1 aliphatic heterocycles. The molecule has 1 heterocycles. The third-order valence-electron chi connectivity index (χ3n) is 2.52. The molecule has 0 radical (unpaired) electrons. The molecule has 0 aromatic rings. The maximum Gasteiger partial charge on any atom is 0.156 e. The predicted molar refractivity (Wildman–Crippen MR) is 61.4 cm³/mol. The van der Waals surface area contributed by atoms with Gasteiger partial charge in [-0.05, 0) is 11.8 Å². The van der Waals surface area contributed by atoms with Crippen molar-refractivity contribution in [1.82, 2.24) is 5.32 Å². The smallest absolute Gasteiger partial charge is 0.156 e. The highest BCUT2D eigenvalue weighted by molar-refractivity contribution is 8.14. The highest BCUT2D eigenvalue weighted by Crippen LogP contribution is 2.19. The van der Waals surface area contributed by atoms with Gasteiger partial charge in [0.15, 0.2) is 5.17 Å². The van der Waals surface area contributed by atoms with Crippen molar-refractivity contribution in [3.05, 3.63) is 0 Å². The zero-order chi connectivity index (χ0) is 9.84. The first-order valence-corrected chi connectivity index (χ1v) is 5.92. The van der Waals surface area contributed by atoms with Gasteiger partial charge in [0.25, 0.3) is 0 Å². The molecule has 1 rings (SSSR count). The molecule has 0 bridgehead atoms. The van der Waals surface area contributed by atoms with Crippen LogP contribution >= 0.6 is 11.8 Å². The fourth-order valence-electron chi connectivity index (χ4n) is 1.06. The molecule has 2 unspecified atom stereocenters. The van der Waals surface area contributed by atoms with Gasteiger partial charge in [-0.25, -0.2) is 0 Å². The average Bonchev–Trinajstić information content (AvgIpc) is 2.47. The predicted octanol–water partition coefficient (Wildman–Crippen LogP) is 2.36. The molecule has 0 aromatic carbocycles. The number of hydrogen-bond acceptors (Lipinski definition) is 3. The van der Waals surface area contributed by atoms with Gasteiger partial charge in [0.05, 0.1) is 6.54 Å². The van der Waals surface area contributed by atoms with Crippen LogP contribution in [-0.4, -0.2) is 23.5 Å². The fourth-order valence-corrected chi connectivity index (χ4v) is 1.90. The maximum atomic E-state index is 4.42. The van der Waals surface area contributed by atoms with Gasteiger partial charge < -0.3 is 5.32 Å². The van der Waals surface area contributed by atoms with E-state index in [1.165, 1.54) is 0 Å². The van der Waals surface area contributed by atoms with Crippen LogP contribution in [0.5, 0.6) is 0 Å². The molecule has 0 fully saturated rings. The Morgan fingerprint density at radius 3 is 2.69 bits per heavy atom. The van der Waals surface area contributed by atoms with Crippen molar-refractivity contribution in [1.29, 1.82) is 0 Å². The summed E-state index contributed by atoms with van der Waals surface area (Å²) < 4.78 is 0. The van der Waals surface area contributed by atoms with E-state index in [1.54, 1.807) is 0 Å². The molecule has 2 nitrogen and oxygen atoms in total. The molecule has 0 spiro atoms. The number of rotatable bonds is 3. The van der Waals surface area contributed by atoms with Crippen molar-refractivity contribution in [2.45, 2.75) is 32.9 Å². The zero-order valence-electron chi connectivity index (χ0n) is 9.00. The van der Waals surface area contributed by atoms with Crippen LogP contribution in [0.4, 0.5) is 0 Å². The number of aliphatic imine (C=N–C) groups is 1. The summed E-state index contributed by atoms with van der Waals surface area (Å²) in [6.07, 6.45) is 0. The quantitative estimate of drug-likeness (QED) is 0.756. The van der Waals surface area contributed by atoms with Gasteiger partial charge in [-0.3, -0.25) is 4.99 Å². The lowest BCUT2D eigenvalue weighted by Crippen LogP contribution is -2.27. The van der Waals surface area contributed by atoms with Gasteiger partial charge >= 0.3 is 0 Å². The molecular weight excluding hydrogens is 180 g/mol. The summed E-state index contributed by atoms with van der Waals surface area (Å²) in [5, 5.41) is 5.21. The lowest BCUT2D eigenvalue weighted by atomic mass is 9.98. The standard InChI is InChI=1S/C10H20N2S/c1-7(2)8(3)5-11-10-12-6-9(4)13-10/h7-9H,5-6H2,1-4H3,(H,11,12). The summed E-state index contributed by atoms with van der Waals surface area (Å²) in [5.41, 5.74) is 0. The largest absolute Gasteiger partial charge is 0.365 e. The Hall–Kier alpha value is -0.180. The van der Waals surface area contributed by atoms with E-state index in [-0.39, 0.29) is 0 Å². The van der Waals surface area contributed by atoms with Crippen molar-refractivity contribution in [3.8, 4) is 0 Å². The minimum Gasteiger partial charge on any atom is -0.365 e. The summed E-state index contributed by atoms with van der Waals surface area (Å²) in [5.74, 6) is 1.47. The first-order valence-electron chi connectivity index (χ1n) is 5.04. The molecular formula is C10H20N2S. The first kappa shape index (κ1) is 10.9. The zero-order valence-corrected chi connectivity index (χ0v) is 9.82. The SMILES string of the molecule is CC1CN=C(NCC(C)C(C)C)S1. The van der Waals surface area contributed by atoms with E-state index >= 15 is 0 Å². The Labute approximate surface area is 85.6 Å². The molecule has 13 heavy (non-hydrogen) atoms. The average molecular weight is 200 g/mol. The number of hydrogen-bond donors (Lipinski definition) is 1. The van der Waals surface area contributed by atoms with Gasteiger partial charge in [-0.1, -0.05) is 39.5 Å². The Balaban J connectivity index is 2.20. The summed E-state index contributed by atoms with van der Waals surface area (Å²) >= 11 is 1.86. The van der Waals surface area contributed by atoms with Crippen LogP contribution in [0.15, 0.2) is 4.99 Å². The highest BCUT2D eigenvalue weighted by Gasteiger charge is 2.15.